The highest BCUT2D eigenvalue weighted by molar-refractivity contribution is 5.82. The zero-order chi connectivity index (χ0) is 20.5. The first kappa shape index (κ1) is 21.4. The van der Waals surface area contributed by atoms with Gasteiger partial charge in [-0.05, 0) is 36.0 Å². The van der Waals surface area contributed by atoms with Gasteiger partial charge in [-0.1, -0.05) is 61.5 Å². The van der Waals surface area contributed by atoms with E-state index in [-0.39, 0.29) is 31.5 Å². The molecule has 0 spiro atoms. The lowest BCUT2D eigenvalue weighted by atomic mass is 9.85. The van der Waals surface area contributed by atoms with Crippen LogP contribution in [0.4, 0.5) is 0 Å². The second-order valence-electron chi connectivity index (χ2n) is 7.15. The number of carbonyl (C=O) groups is 3. The molecule has 28 heavy (non-hydrogen) atoms. The second kappa shape index (κ2) is 10.4. The zero-order valence-corrected chi connectivity index (χ0v) is 16.0. The quantitative estimate of drug-likeness (QED) is 0.599. The fourth-order valence-electron chi connectivity index (χ4n) is 3.22. The van der Waals surface area contributed by atoms with Crippen LogP contribution in [0.25, 0.3) is 11.1 Å². The number of rotatable bonds is 11. The van der Waals surface area contributed by atoms with Gasteiger partial charge in [-0.25, -0.2) is 0 Å². The van der Waals surface area contributed by atoms with Crippen LogP contribution in [-0.2, 0) is 20.8 Å². The van der Waals surface area contributed by atoms with Crippen molar-refractivity contribution in [3.05, 3.63) is 60.2 Å². The monoisotopic (exact) mass is 382 g/mol. The Hall–Kier alpha value is -2.95. The van der Waals surface area contributed by atoms with E-state index < -0.39 is 23.8 Å². The maximum absolute atomic E-state index is 12.6. The molecule has 0 aliphatic heterocycles. The van der Waals surface area contributed by atoms with E-state index in [1.807, 2.05) is 54.6 Å². The molecule has 2 N–H and O–H groups in total. The molecule has 0 radical (unpaired) electrons. The molecule has 0 aliphatic carbocycles. The Kier molecular flexibility index (Phi) is 7.93. The fraction of sp³-hybridized carbons (Fsp3) is 0.348. The summed E-state index contributed by atoms with van der Waals surface area (Å²) in [5.41, 5.74) is 3.15. The summed E-state index contributed by atoms with van der Waals surface area (Å²) in [4.78, 5) is 34.5. The lowest BCUT2D eigenvalue weighted by Crippen LogP contribution is -2.23. The van der Waals surface area contributed by atoms with Gasteiger partial charge in [0.05, 0.1) is 5.92 Å². The third-order valence-electron chi connectivity index (χ3n) is 4.87. The van der Waals surface area contributed by atoms with Gasteiger partial charge in [0.1, 0.15) is 5.78 Å². The van der Waals surface area contributed by atoms with E-state index in [1.165, 1.54) is 0 Å². The lowest BCUT2D eigenvalue weighted by molar-refractivity contribution is -0.142. The van der Waals surface area contributed by atoms with E-state index in [2.05, 4.69) is 0 Å². The van der Waals surface area contributed by atoms with Gasteiger partial charge in [-0.15, -0.1) is 0 Å². The summed E-state index contributed by atoms with van der Waals surface area (Å²) in [6.07, 6.45) is 1.09. The van der Waals surface area contributed by atoms with Crippen molar-refractivity contribution in [2.45, 2.75) is 39.0 Å². The first-order valence-electron chi connectivity index (χ1n) is 9.48. The maximum Gasteiger partial charge on any atom is 0.306 e. The maximum atomic E-state index is 12.6. The third-order valence-corrected chi connectivity index (χ3v) is 4.87. The average molecular weight is 382 g/mol. The van der Waals surface area contributed by atoms with E-state index in [4.69, 9.17) is 5.11 Å². The predicted molar refractivity (Wildman–Crippen MR) is 107 cm³/mol. The molecule has 2 atom stereocenters. The topological polar surface area (TPSA) is 91.7 Å². The van der Waals surface area contributed by atoms with Crippen LogP contribution in [0.3, 0.4) is 0 Å². The van der Waals surface area contributed by atoms with Crippen molar-refractivity contribution in [2.75, 3.05) is 0 Å². The highest BCUT2D eigenvalue weighted by Crippen LogP contribution is 2.24. The Morgan fingerprint density at radius 3 is 2.04 bits per heavy atom. The molecule has 0 heterocycles. The molecule has 0 unspecified atom stereocenters. The lowest BCUT2D eigenvalue weighted by Gasteiger charge is -2.18. The first-order valence-corrected chi connectivity index (χ1v) is 9.48. The van der Waals surface area contributed by atoms with E-state index in [0.29, 0.717) is 6.42 Å². The Morgan fingerprint density at radius 2 is 1.46 bits per heavy atom. The molecule has 0 bridgehead atoms. The van der Waals surface area contributed by atoms with E-state index in [1.54, 1.807) is 6.92 Å². The number of aliphatic carboxylic acids is 2. The van der Waals surface area contributed by atoms with Gasteiger partial charge in [0.2, 0.25) is 0 Å². The first-order chi connectivity index (χ1) is 13.4. The van der Waals surface area contributed by atoms with Gasteiger partial charge in [-0.2, -0.15) is 0 Å². The number of benzene rings is 2. The average Bonchev–Trinajstić information content (AvgIpc) is 2.68. The molecule has 0 aromatic heterocycles. The van der Waals surface area contributed by atoms with Crippen molar-refractivity contribution in [1.82, 2.24) is 0 Å². The van der Waals surface area contributed by atoms with Crippen LogP contribution >= 0.6 is 0 Å². The molecular weight excluding hydrogens is 356 g/mol. The van der Waals surface area contributed by atoms with E-state index in [9.17, 15) is 19.5 Å². The smallest absolute Gasteiger partial charge is 0.306 e. The van der Waals surface area contributed by atoms with Crippen molar-refractivity contribution in [2.24, 2.45) is 11.8 Å². The Balaban J connectivity index is 2.08. The van der Waals surface area contributed by atoms with E-state index in [0.717, 1.165) is 16.7 Å². The van der Waals surface area contributed by atoms with Gasteiger partial charge in [-0.3, -0.25) is 14.4 Å². The Morgan fingerprint density at radius 1 is 0.857 bits per heavy atom. The number of hydrogen-bond acceptors (Lipinski definition) is 3. The Labute approximate surface area is 165 Å². The van der Waals surface area contributed by atoms with Crippen molar-refractivity contribution in [1.29, 1.82) is 0 Å². The molecule has 0 saturated heterocycles. The van der Waals surface area contributed by atoms with E-state index >= 15 is 0 Å². The summed E-state index contributed by atoms with van der Waals surface area (Å²) in [5, 5.41) is 18.0. The molecule has 5 nitrogen and oxygen atoms in total. The van der Waals surface area contributed by atoms with Gasteiger partial charge >= 0.3 is 11.9 Å². The molecule has 148 valence electrons. The highest BCUT2D eigenvalue weighted by atomic mass is 16.4. The molecule has 0 saturated carbocycles. The summed E-state index contributed by atoms with van der Waals surface area (Å²) in [7, 11) is 0. The van der Waals surface area contributed by atoms with Crippen LogP contribution in [-0.4, -0.2) is 27.9 Å². The molecule has 2 aromatic rings. The zero-order valence-electron chi connectivity index (χ0n) is 16.0. The minimum absolute atomic E-state index is 0.0568. The van der Waals surface area contributed by atoms with Gasteiger partial charge < -0.3 is 10.2 Å². The SMILES string of the molecule is C[C@@H](C[C@@H](Cc1ccc(-c2ccccc2)cc1)C(=O)CCCC(=O)O)C(=O)O. The summed E-state index contributed by atoms with van der Waals surface area (Å²) < 4.78 is 0. The number of carboxylic acid groups (broad SMARTS) is 2. The number of hydrogen-bond donors (Lipinski definition) is 2. The number of ketones is 1. The number of Topliss-reactive ketones (excluding diaryl/α,β-unsaturated/α-hetero) is 1. The summed E-state index contributed by atoms with van der Waals surface area (Å²) in [6.45, 7) is 1.60. The van der Waals surface area contributed by atoms with Crippen LogP contribution in [0, 0.1) is 11.8 Å². The van der Waals surface area contributed by atoms with Crippen LogP contribution in [0.15, 0.2) is 54.6 Å². The molecule has 2 rings (SSSR count). The van der Waals surface area contributed by atoms with Gasteiger partial charge in [0.15, 0.2) is 0 Å². The fourth-order valence-corrected chi connectivity index (χ4v) is 3.22. The standard InChI is InChI=1S/C23H26O5/c1-16(23(27)28)14-20(21(24)8-5-9-22(25)26)15-17-10-12-19(13-11-17)18-6-3-2-4-7-18/h2-4,6-7,10-13,16,20H,5,8-9,14-15H2,1H3,(H,25,26)(H,27,28)/t16-,20-/m0/s1. The predicted octanol–water partition coefficient (Wildman–Crippen LogP) is 4.45. The summed E-state index contributed by atoms with van der Waals surface area (Å²) in [6, 6.07) is 17.9. The third kappa shape index (κ3) is 6.65. The minimum atomic E-state index is -0.931. The highest BCUT2D eigenvalue weighted by Gasteiger charge is 2.24. The van der Waals surface area contributed by atoms with Crippen molar-refractivity contribution in [3.8, 4) is 11.1 Å². The van der Waals surface area contributed by atoms with Crippen molar-refractivity contribution in [3.63, 3.8) is 0 Å². The van der Waals surface area contributed by atoms with Gasteiger partial charge in [0.25, 0.3) is 0 Å². The molecular formula is C23H26O5. The van der Waals surface area contributed by atoms with Crippen LogP contribution in [0.5, 0.6) is 0 Å². The largest absolute Gasteiger partial charge is 0.481 e. The van der Waals surface area contributed by atoms with Crippen LogP contribution in [0.1, 0.15) is 38.2 Å². The molecule has 5 heteroatoms. The molecule has 2 aromatic carbocycles. The summed E-state index contributed by atoms with van der Waals surface area (Å²) >= 11 is 0. The normalized spacial score (nSPS) is 12.9. The molecule has 0 amide bonds. The number of carbonyl (C=O) groups excluding carboxylic acids is 1. The van der Waals surface area contributed by atoms with Crippen LogP contribution in [0.2, 0.25) is 0 Å². The van der Waals surface area contributed by atoms with Crippen LogP contribution < -0.4 is 0 Å². The minimum Gasteiger partial charge on any atom is -0.481 e. The second-order valence-corrected chi connectivity index (χ2v) is 7.15. The number of carboxylic acids is 2. The van der Waals surface area contributed by atoms with Crippen molar-refractivity contribution >= 4 is 17.7 Å². The van der Waals surface area contributed by atoms with Gasteiger partial charge in [0, 0.05) is 18.8 Å². The van der Waals surface area contributed by atoms with Crippen molar-refractivity contribution < 1.29 is 24.6 Å². The molecule has 0 fully saturated rings. The molecule has 0 aliphatic rings. The summed E-state index contributed by atoms with van der Waals surface area (Å²) in [5.74, 6) is -2.98. The Bertz CT molecular complexity index is 796.